The summed E-state index contributed by atoms with van der Waals surface area (Å²) in [6, 6.07) is 14.4. The molecule has 3 heteroatoms. The Hall–Kier alpha value is -1.61. The molecule has 1 fully saturated rings. The fourth-order valence-electron chi connectivity index (χ4n) is 2.69. The molecule has 19 heavy (non-hydrogen) atoms. The van der Waals surface area contributed by atoms with Crippen LogP contribution in [0.15, 0.2) is 47.8 Å². The number of hydrogen-bond donors (Lipinski definition) is 0. The van der Waals surface area contributed by atoms with Crippen LogP contribution >= 0.6 is 11.3 Å². The topological polar surface area (TPSA) is 20.3 Å². The predicted octanol–water partition coefficient (Wildman–Crippen LogP) is 3.45. The molecule has 1 atom stereocenters. The molecule has 0 radical (unpaired) electrons. The maximum Gasteiger partial charge on any atom is 0.263 e. The Morgan fingerprint density at radius 3 is 2.79 bits per heavy atom. The van der Waals surface area contributed by atoms with E-state index in [2.05, 4.69) is 24.3 Å². The van der Waals surface area contributed by atoms with Crippen LogP contribution in [0.5, 0.6) is 0 Å². The summed E-state index contributed by atoms with van der Waals surface area (Å²) in [5, 5.41) is 1.96. The molecule has 0 aliphatic carbocycles. The average molecular weight is 271 g/mol. The van der Waals surface area contributed by atoms with Crippen molar-refractivity contribution in [3.63, 3.8) is 0 Å². The zero-order chi connectivity index (χ0) is 13.1. The molecule has 2 nitrogen and oxygen atoms in total. The van der Waals surface area contributed by atoms with Gasteiger partial charge < -0.3 is 4.90 Å². The molecule has 1 aromatic heterocycles. The van der Waals surface area contributed by atoms with Gasteiger partial charge in [-0.15, -0.1) is 11.3 Å². The summed E-state index contributed by atoms with van der Waals surface area (Å²) in [6.45, 7) is 1.79. The normalized spacial score (nSPS) is 18.7. The molecule has 0 bridgehead atoms. The summed E-state index contributed by atoms with van der Waals surface area (Å²) in [5.74, 6) is 0.803. The maximum absolute atomic E-state index is 12.2. The lowest BCUT2D eigenvalue weighted by atomic mass is 9.99. The van der Waals surface area contributed by atoms with Crippen molar-refractivity contribution in [2.24, 2.45) is 5.92 Å². The summed E-state index contributed by atoms with van der Waals surface area (Å²) in [5.41, 5.74) is 1.37. The molecule has 2 aromatic rings. The Labute approximate surface area is 117 Å². The van der Waals surface area contributed by atoms with Crippen LogP contribution in [-0.2, 0) is 6.42 Å². The summed E-state index contributed by atoms with van der Waals surface area (Å²) in [7, 11) is 0. The summed E-state index contributed by atoms with van der Waals surface area (Å²) >= 11 is 1.53. The monoisotopic (exact) mass is 271 g/mol. The Morgan fingerprint density at radius 1 is 1.21 bits per heavy atom. The molecule has 1 aliphatic rings. The van der Waals surface area contributed by atoms with Crippen molar-refractivity contribution in [3.8, 4) is 0 Å². The molecule has 0 N–H and O–H groups in total. The molecule has 0 spiro atoms. The average Bonchev–Trinajstić information content (AvgIpc) is 3.10. The minimum Gasteiger partial charge on any atom is -0.338 e. The van der Waals surface area contributed by atoms with Crippen molar-refractivity contribution >= 4 is 17.2 Å². The van der Waals surface area contributed by atoms with Crippen LogP contribution in [0.25, 0.3) is 0 Å². The second kappa shape index (κ2) is 5.57. The van der Waals surface area contributed by atoms with E-state index in [-0.39, 0.29) is 5.91 Å². The zero-order valence-electron chi connectivity index (χ0n) is 10.8. The molecule has 1 aromatic carbocycles. The Bertz CT molecular complexity index is 535. The van der Waals surface area contributed by atoms with E-state index in [0.717, 1.165) is 30.8 Å². The Kier molecular flexibility index (Phi) is 3.65. The van der Waals surface area contributed by atoms with E-state index in [1.165, 1.54) is 16.9 Å². The first-order chi connectivity index (χ1) is 9.33. The molecule has 98 valence electrons. The third-order valence-electron chi connectivity index (χ3n) is 3.67. The number of benzene rings is 1. The largest absolute Gasteiger partial charge is 0.338 e. The lowest BCUT2D eigenvalue weighted by molar-refractivity contribution is 0.0792. The quantitative estimate of drug-likeness (QED) is 0.837. The van der Waals surface area contributed by atoms with Gasteiger partial charge in [-0.05, 0) is 35.8 Å². The van der Waals surface area contributed by atoms with E-state index in [1.54, 1.807) is 0 Å². The number of carbonyl (C=O) groups is 1. The van der Waals surface area contributed by atoms with Crippen LogP contribution in [0, 0.1) is 5.92 Å². The highest BCUT2D eigenvalue weighted by Gasteiger charge is 2.27. The van der Waals surface area contributed by atoms with Gasteiger partial charge in [0.15, 0.2) is 0 Å². The zero-order valence-corrected chi connectivity index (χ0v) is 11.6. The first-order valence-corrected chi connectivity index (χ1v) is 7.57. The van der Waals surface area contributed by atoms with Crippen molar-refractivity contribution in [1.82, 2.24) is 4.90 Å². The summed E-state index contributed by atoms with van der Waals surface area (Å²) in [4.78, 5) is 15.1. The van der Waals surface area contributed by atoms with Crippen molar-refractivity contribution in [2.75, 3.05) is 13.1 Å². The van der Waals surface area contributed by atoms with E-state index < -0.39 is 0 Å². The smallest absolute Gasteiger partial charge is 0.263 e. The minimum atomic E-state index is 0.200. The lowest BCUT2D eigenvalue weighted by Crippen LogP contribution is -2.28. The molecule has 1 unspecified atom stereocenters. The molecule has 1 amide bonds. The van der Waals surface area contributed by atoms with Gasteiger partial charge in [0.25, 0.3) is 5.91 Å². The van der Waals surface area contributed by atoms with Gasteiger partial charge in [-0.3, -0.25) is 4.79 Å². The van der Waals surface area contributed by atoms with E-state index in [0.29, 0.717) is 5.92 Å². The first-order valence-electron chi connectivity index (χ1n) is 6.69. The third-order valence-corrected chi connectivity index (χ3v) is 4.53. The highest BCUT2D eigenvalue weighted by Crippen LogP contribution is 2.23. The Balaban J connectivity index is 1.60. The number of rotatable bonds is 3. The number of likely N-dealkylation sites (tertiary alicyclic amines) is 1. The van der Waals surface area contributed by atoms with E-state index in [1.807, 2.05) is 28.5 Å². The highest BCUT2D eigenvalue weighted by molar-refractivity contribution is 7.12. The van der Waals surface area contributed by atoms with Crippen LogP contribution in [0.1, 0.15) is 21.7 Å². The number of nitrogens with zero attached hydrogens (tertiary/aromatic N) is 1. The standard InChI is InChI=1S/C16H17NOS/c18-16(15-7-4-10-19-15)17-9-8-14(12-17)11-13-5-2-1-3-6-13/h1-7,10,14H,8-9,11-12H2. The van der Waals surface area contributed by atoms with E-state index in [9.17, 15) is 4.79 Å². The number of hydrogen-bond acceptors (Lipinski definition) is 2. The van der Waals surface area contributed by atoms with Crippen molar-refractivity contribution in [3.05, 3.63) is 58.3 Å². The predicted molar refractivity (Wildman–Crippen MR) is 78.5 cm³/mol. The summed E-state index contributed by atoms with van der Waals surface area (Å²) < 4.78 is 0. The van der Waals surface area contributed by atoms with Crippen LogP contribution in [0.3, 0.4) is 0 Å². The molecule has 1 saturated heterocycles. The van der Waals surface area contributed by atoms with Gasteiger partial charge in [-0.2, -0.15) is 0 Å². The van der Waals surface area contributed by atoms with Gasteiger partial charge in [0.05, 0.1) is 4.88 Å². The summed E-state index contributed by atoms with van der Waals surface area (Å²) in [6.07, 6.45) is 2.20. The van der Waals surface area contributed by atoms with Crippen molar-refractivity contribution in [1.29, 1.82) is 0 Å². The lowest BCUT2D eigenvalue weighted by Gasteiger charge is -2.15. The van der Waals surface area contributed by atoms with Gasteiger partial charge in [0.1, 0.15) is 0 Å². The fourth-order valence-corrected chi connectivity index (χ4v) is 3.38. The minimum absolute atomic E-state index is 0.200. The molecule has 2 heterocycles. The third kappa shape index (κ3) is 2.87. The molecular formula is C16H17NOS. The second-order valence-corrected chi connectivity index (χ2v) is 6.02. The van der Waals surface area contributed by atoms with Gasteiger partial charge in [-0.25, -0.2) is 0 Å². The van der Waals surface area contributed by atoms with Crippen LogP contribution in [0.4, 0.5) is 0 Å². The van der Waals surface area contributed by atoms with E-state index >= 15 is 0 Å². The van der Waals surface area contributed by atoms with Crippen molar-refractivity contribution in [2.45, 2.75) is 12.8 Å². The van der Waals surface area contributed by atoms with E-state index in [4.69, 9.17) is 0 Å². The second-order valence-electron chi connectivity index (χ2n) is 5.07. The number of carbonyl (C=O) groups excluding carboxylic acids is 1. The Morgan fingerprint density at radius 2 is 2.05 bits per heavy atom. The highest BCUT2D eigenvalue weighted by atomic mass is 32.1. The van der Waals surface area contributed by atoms with Crippen LogP contribution < -0.4 is 0 Å². The number of thiophene rings is 1. The number of amides is 1. The van der Waals surface area contributed by atoms with Gasteiger partial charge in [0, 0.05) is 13.1 Å². The van der Waals surface area contributed by atoms with Gasteiger partial charge in [0.2, 0.25) is 0 Å². The SMILES string of the molecule is O=C(c1cccs1)N1CCC(Cc2ccccc2)C1. The molecule has 3 rings (SSSR count). The molecular weight excluding hydrogens is 254 g/mol. The van der Waals surface area contributed by atoms with Crippen molar-refractivity contribution < 1.29 is 4.79 Å². The first kappa shape index (κ1) is 12.4. The van der Waals surface area contributed by atoms with Crippen LogP contribution in [-0.4, -0.2) is 23.9 Å². The molecule has 0 saturated carbocycles. The van der Waals surface area contributed by atoms with Crippen LogP contribution in [0.2, 0.25) is 0 Å². The van der Waals surface area contributed by atoms with Gasteiger partial charge >= 0.3 is 0 Å². The van der Waals surface area contributed by atoms with Gasteiger partial charge in [-0.1, -0.05) is 36.4 Å². The fraction of sp³-hybridized carbons (Fsp3) is 0.312. The maximum atomic E-state index is 12.2. The molecule has 1 aliphatic heterocycles.